The lowest BCUT2D eigenvalue weighted by Gasteiger charge is -2.32. The Labute approximate surface area is 128 Å². The van der Waals surface area contributed by atoms with Gasteiger partial charge in [-0.3, -0.25) is 9.78 Å². The molecule has 0 bridgehead atoms. The molecular formula is C15H19N5O2. The summed E-state index contributed by atoms with van der Waals surface area (Å²) in [6.45, 7) is 1.48. The van der Waals surface area contributed by atoms with E-state index in [4.69, 9.17) is 4.52 Å². The van der Waals surface area contributed by atoms with E-state index in [0.29, 0.717) is 18.2 Å². The highest BCUT2D eigenvalue weighted by atomic mass is 16.5. The van der Waals surface area contributed by atoms with Crippen LogP contribution in [0.4, 0.5) is 5.82 Å². The van der Waals surface area contributed by atoms with Crippen LogP contribution < -0.4 is 5.32 Å². The number of hydrogen-bond donors (Lipinski definition) is 1. The van der Waals surface area contributed by atoms with Crippen LogP contribution in [0.2, 0.25) is 0 Å². The quantitative estimate of drug-likeness (QED) is 0.923. The van der Waals surface area contributed by atoms with Gasteiger partial charge in [0.1, 0.15) is 12.1 Å². The second-order valence-corrected chi connectivity index (χ2v) is 5.45. The number of amides is 1. The van der Waals surface area contributed by atoms with Crippen molar-refractivity contribution >= 4 is 11.7 Å². The third-order valence-electron chi connectivity index (χ3n) is 3.96. The van der Waals surface area contributed by atoms with Crippen LogP contribution in [0.1, 0.15) is 29.0 Å². The maximum atomic E-state index is 12.3. The number of rotatable bonds is 4. The van der Waals surface area contributed by atoms with Crippen molar-refractivity contribution in [3.63, 3.8) is 0 Å². The summed E-state index contributed by atoms with van der Waals surface area (Å²) in [6.07, 6.45) is 7.69. The predicted molar refractivity (Wildman–Crippen MR) is 80.4 cm³/mol. The lowest BCUT2D eigenvalue weighted by Crippen LogP contribution is -2.40. The highest BCUT2D eigenvalue weighted by Crippen LogP contribution is 2.23. The Hall–Kier alpha value is -2.44. The minimum absolute atomic E-state index is 0.0635. The number of nitrogens with zero attached hydrogens (tertiary/aromatic N) is 4. The van der Waals surface area contributed by atoms with Crippen molar-refractivity contribution in [2.75, 3.05) is 25.5 Å². The summed E-state index contributed by atoms with van der Waals surface area (Å²) in [5.74, 6) is 1.13. The average molecular weight is 301 g/mol. The second kappa shape index (κ2) is 6.55. The van der Waals surface area contributed by atoms with Gasteiger partial charge in [-0.2, -0.15) is 0 Å². The van der Waals surface area contributed by atoms with Crippen molar-refractivity contribution in [1.82, 2.24) is 20.0 Å². The molecule has 0 spiro atoms. The predicted octanol–water partition coefficient (Wildman–Crippen LogP) is 1.60. The second-order valence-electron chi connectivity index (χ2n) is 5.45. The Morgan fingerprint density at radius 1 is 1.45 bits per heavy atom. The van der Waals surface area contributed by atoms with Crippen LogP contribution in [0, 0.1) is 5.92 Å². The maximum Gasteiger partial charge on any atom is 0.276 e. The van der Waals surface area contributed by atoms with E-state index in [1.165, 1.54) is 6.26 Å². The number of piperidine rings is 1. The topological polar surface area (TPSA) is 84.2 Å². The van der Waals surface area contributed by atoms with E-state index in [1.807, 2.05) is 11.9 Å². The molecular weight excluding hydrogens is 282 g/mol. The van der Waals surface area contributed by atoms with Crippen molar-refractivity contribution in [3.8, 4) is 0 Å². The van der Waals surface area contributed by atoms with Gasteiger partial charge in [0.15, 0.2) is 5.69 Å². The molecule has 0 unspecified atom stereocenters. The minimum Gasteiger partial charge on any atom is -0.372 e. The van der Waals surface area contributed by atoms with Crippen LogP contribution in [-0.4, -0.2) is 46.1 Å². The number of aromatic nitrogens is 3. The summed E-state index contributed by atoms with van der Waals surface area (Å²) in [7, 11) is 1.84. The van der Waals surface area contributed by atoms with Crippen LogP contribution in [0.25, 0.3) is 0 Å². The molecule has 3 heterocycles. The Morgan fingerprint density at radius 3 is 3.09 bits per heavy atom. The zero-order valence-electron chi connectivity index (χ0n) is 12.5. The number of carbonyl (C=O) groups is 1. The summed E-state index contributed by atoms with van der Waals surface area (Å²) >= 11 is 0. The van der Waals surface area contributed by atoms with Crippen LogP contribution in [0.3, 0.4) is 0 Å². The largest absolute Gasteiger partial charge is 0.372 e. The van der Waals surface area contributed by atoms with Gasteiger partial charge in [0, 0.05) is 38.6 Å². The highest BCUT2D eigenvalue weighted by Gasteiger charge is 2.26. The van der Waals surface area contributed by atoms with Gasteiger partial charge in [-0.25, -0.2) is 4.98 Å². The molecule has 1 amide bonds. The van der Waals surface area contributed by atoms with Crippen LogP contribution in [0.15, 0.2) is 29.2 Å². The number of anilines is 1. The third-order valence-corrected chi connectivity index (χ3v) is 3.96. The molecule has 7 nitrogen and oxygen atoms in total. The highest BCUT2D eigenvalue weighted by molar-refractivity contribution is 5.92. The first-order valence-electron chi connectivity index (χ1n) is 7.45. The fraction of sp³-hybridized carbons (Fsp3) is 0.467. The SMILES string of the molecule is CNc1nccnc1C[C@@H]1CCCN(C(=O)c2ccon2)C1. The minimum atomic E-state index is -0.0635. The molecule has 1 aliphatic rings. The first-order valence-corrected chi connectivity index (χ1v) is 7.45. The summed E-state index contributed by atoms with van der Waals surface area (Å²) < 4.78 is 4.76. The van der Waals surface area contributed by atoms with Crippen LogP contribution in [-0.2, 0) is 6.42 Å². The van der Waals surface area contributed by atoms with Crippen LogP contribution >= 0.6 is 0 Å². The molecule has 1 N–H and O–H groups in total. The van der Waals surface area contributed by atoms with Crippen molar-refractivity contribution < 1.29 is 9.32 Å². The molecule has 116 valence electrons. The number of carbonyl (C=O) groups excluding carboxylic acids is 1. The monoisotopic (exact) mass is 301 g/mol. The van der Waals surface area contributed by atoms with Crippen LogP contribution in [0.5, 0.6) is 0 Å². The molecule has 1 fully saturated rings. The standard InChI is InChI=1S/C15H19N5O2/c1-16-14-13(17-5-6-18-14)9-11-3-2-7-20(10-11)15(21)12-4-8-22-19-12/h4-6,8,11H,2-3,7,9-10H2,1H3,(H,16,18)/t11-/m0/s1. The Bertz CT molecular complexity index is 629. The molecule has 3 rings (SSSR count). The summed E-state index contributed by atoms with van der Waals surface area (Å²) in [5.41, 5.74) is 1.32. The summed E-state index contributed by atoms with van der Waals surface area (Å²) in [4.78, 5) is 22.9. The molecule has 0 radical (unpaired) electrons. The van der Waals surface area contributed by atoms with E-state index in [-0.39, 0.29) is 5.91 Å². The van der Waals surface area contributed by atoms with Gasteiger partial charge in [-0.15, -0.1) is 0 Å². The first-order chi connectivity index (χ1) is 10.8. The lowest BCUT2D eigenvalue weighted by atomic mass is 9.93. The van der Waals surface area contributed by atoms with Gasteiger partial charge >= 0.3 is 0 Å². The van der Waals surface area contributed by atoms with Gasteiger partial charge in [-0.1, -0.05) is 5.16 Å². The van der Waals surface area contributed by atoms with Crippen molar-refractivity contribution in [1.29, 1.82) is 0 Å². The Kier molecular flexibility index (Phi) is 4.32. The Morgan fingerprint density at radius 2 is 2.32 bits per heavy atom. The average Bonchev–Trinajstić information content (AvgIpc) is 3.09. The summed E-state index contributed by atoms with van der Waals surface area (Å²) in [5, 5.41) is 6.79. The van der Waals surface area contributed by atoms with Gasteiger partial charge in [0.2, 0.25) is 0 Å². The number of nitrogens with one attached hydrogen (secondary N) is 1. The van der Waals surface area contributed by atoms with E-state index in [9.17, 15) is 4.79 Å². The zero-order valence-corrected chi connectivity index (χ0v) is 12.5. The molecule has 2 aromatic heterocycles. The molecule has 0 saturated carbocycles. The van der Waals surface area contributed by atoms with Crippen molar-refractivity contribution in [3.05, 3.63) is 36.1 Å². The maximum absolute atomic E-state index is 12.3. The van der Waals surface area contributed by atoms with Crippen molar-refractivity contribution in [2.45, 2.75) is 19.3 Å². The first kappa shape index (κ1) is 14.5. The third kappa shape index (κ3) is 3.08. The van der Waals surface area contributed by atoms with E-state index >= 15 is 0 Å². The fourth-order valence-corrected chi connectivity index (χ4v) is 2.90. The molecule has 7 heteroatoms. The van der Waals surface area contributed by atoms with E-state index in [1.54, 1.807) is 18.5 Å². The van der Waals surface area contributed by atoms with E-state index in [0.717, 1.165) is 37.3 Å². The smallest absolute Gasteiger partial charge is 0.276 e. The van der Waals surface area contributed by atoms with E-state index in [2.05, 4.69) is 20.4 Å². The zero-order chi connectivity index (χ0) is 15.4. The molecule has 0 aliphatic carbocycles. The lowest BCUT2D eigenvalue weighted by molar-refractivity contribution is 0.0662. The molecule has 0 aromatic carbocycles. The number of hydrogen-bond acceptors (Lipinski definition) is 6. The molecule has 22 heavy (non-hydrogen) atoms. The number of likely N-dealkylation sites (tertiary alicyclic amines) is 1. The fourth-order valence-electron chi connectivity index (χ4n) is 2.90. The van der Waals surface area contributed by atoms with E-state index < -0.39 is 0 Å². The molecule has 1 aliphatic heterocycles. The van der Waals surface area contributed by atoms with Crippen molar-refractivity contribution in [2.24, 2.45) is 5.92 Å². The molecule has 2 aromatic rings. The molecule has 1 saturated heterocycles. The molecule has 1 atom stereocenters. The normalized spacial score (nSPS) is 18.2. The van der Waals surface area contributed by atoms with Gasteiger partial charge < -0.3 is 14.7 Å². The Balaban J connectivity index is 1.67. The van der Waals surface area contributed by atoms with Gasteiger partial charge in [0.25, 0.3) is 5.91 Å². The van der Waals surface area contributed by atoms with Gasteiger partial charge in [-0.05, 0) is 25.2 Å². The van der Waals surface area contributed by atoms with Gasteiger partial charge in [0.05, 0.1) is 5.69 Å². The summed E-state index contributed by atoms with van der Waals surface area (Å²) in [6, 6.07) is 1.60.